The highest BCUT2D eigenvalue weighted by Crippen LogP contribution is 2.30. The molecule has 3 aromatic rings. The SMILES string of the molecule is [2H]C(c1ccc(-c2ccc(N(C)C)cc2)cc1)N(C(=O)C1CCCCC1)c1cncc(/C=C/C(=O)O)c1. The van der Waals surface area contributed by atoms with Crippen LogP contribution in [-0.4, -0.2) is 36.1 Å². The van der Waals surface area contributed by atoms with Gasteiger partial charge in [-0.2, -0.15) is 0 Å². The van der Waals surface area contributed by atoms with Crippen molar-refractivity contribution in [3.63, 3.8) is 0 Å². The minimum atomic E-state index is -1.06. The van der Waals surface area contributed by atoms with E-state index in [9.17, 15) is 9.59 Å². The van der Waals surface area contributed by atoms with E-state index in [1.165, 1.54) is 11.0 Å². The Bertz CT molecular complexity index is 1250. The van der Waals surface area contributed by atoms with Crippen LogP contribution in [0.4, 0.5) is 11.4 Å². The van der Waals surface area contributed by atoms with Gasteiger partial charge in [0.25, 0.3) is 0 Å². The number of hydrogen-bond acceptors (Lipinski definition) is 4. The first kappa shape index (κ1) is 23.8. The molecule has 1 N–H and O–H groups in total. The number of nitrogens with zero attached hydrogens (tertiary/aromatic N) is 3. The van der Waals surface area contributed by atoms with Crippen LogP contribution in [0.3, 0.4) is 0 Å². The fraction of sp³-hybridized carbons (Fsp3) is 0.300. The molecule has 1 heterocycles. The molecule has 6 heteroatoms. The third kappa shape index (κ3) is 6.39. The van der Waals surface area contributed by atoms with Crippen LogP contribution in [0.5, 0.6) is 0 Å². The van der Waals surface area contributed by atoms with E-state index in [1.54, 1.807) is 18.5 Å². The van der Waals surface area contributed by atoms with Gasteiger partial charge in [0.05, 0.1) is 19.8 Å². The Labute approximate surface area is 214 Å². The predicted molar refractivity (Wildman–Crippen MR) is 145 cm³/mol. The molecule has 6 nitrogen and oxygen atoms in total. The largest absolute Gasteiger partial charge is 0.478 e. The second-order valence-electron chi connectivity index (χ2n) is 9.38. The van der Waals surface area contributed by atoms with Gasteiger partial charge in [0.2, 0.25) is 5.91 Å². The van der Waals surface area contributed by atoms with E-state index < -0.39 is 12.5 Å². The van der Waals surface area contributed by atoms with E-state index in [0.29, 0.717) is 16.8 Å². The number of carboxylic acids is 1. The van der Waals surface area contributed by atoms with Gasteiger partial charge < -0.3 is 14.9 Å². The van der Waals surface area contributed by atoms with E-state index in [1.807, 2.05) is 38.4 Å². The number of benzene rings is 2. The van der Waals surface area contributed by atoms with Crippen molar-refractivity contribution in [3.8, 4) is 11.1 Å². The predicted octanol–water partition coefficient (Wildman–Crippen LogP) is 6.03. The minimum Gasteiger partial charge on any atom is -0.478 e. The Morgan fingerprint density at radius 2 is 1.61 bits per heavy atom. The third-order valence-electron chi connectivity index (χ3n) is 6.54. The van der Waals surface area contributed by atoms with Gasteiger partial charge in [-0.1, -0.05) is 55.7 Å². The summed E-state index contributed by atoms with van der Waals surface area (Å²) in [5, 5.41) is 8.99. The molecule has 1 aliphatic rings. The maximum absolute atomic E-state index is 13.7. The Balaban J connectivity index is 1.64. The Hall–Kier alpha value is -3.93. The van der Waals surface area contributed by atoms with Gasteiger partial charge in [-0.05, 0) is 59.4 Å². The van der Waals surface area contributed by atoms with Crippen LogP contribution >= 0.6 is 0 Å². The van der Waals surface area contributed by atoms with E-state index >= 15 is 0 Å². The molecule has 1 fully saturated rings. The number of aromatic nitrogens is 1. The first-order valence-corrected chi connectivity index (χ1v) is 12.3. The molecule has 1 saturated carbocycles. The molecule has 1 amide bonds. The average Bonchev–Trinajstić information content (AvgIpc) is 2.93. The molecule has 186 valence electrons. The number of carbonyl (C=O) groups is 2. The molecule has 1 aliphatic carbocycles. The van der Waals surface area contributed by atoms with Crippen LogP contribution in [0.25, 0.3) is 17.2 Å². The Kier molecular flexibility index (Phi) is 7.71. The number of aliphatic carboxylic acids is 1. The maximum Gasteiger partial charge on any atom is 0.328 e. The topological polar surface area (TPSA) is 73.7 Å². The highest BCUT2D eigenvalue weighted by molar-refractivity contribution is 5.95. The van der Waals surface area contributed by atoms with Gasteiger partial charge in [-0.15, -0.1) is 0 Å². The van der Waals surface area contributed by atoms with Gasteiger partial charge >= 0.3 is 5.97 Å². The standard InChI is InChI=1S/C30H33N3O3/c1-32(2)27-15-13-25(14-16-27)24-11-8-22(9-12-24)21-33(30(36)26-6-4-3-5-7-26)28-18-23(19-31-20-28)10-17-29(34)35/h8-20,26H,3-7,21H2,1-2H3,(H,34,35)/b17-10+/i21D. The summed E-state index contributed by atoms with van der Waals surface area (Å²) in [6, 6.07) is 17.8. The molecular weight excluding hydrogens is 450 g/mol. The van der Waals surface area contributed by atoms with Crippen molar-refractivity contribution in [2.45, 2.75) is 38.6 Å². The molecule has 36 heavy (non-hydrogen) atoms. The molecule has 0 bridgehead atoms. The van der Waals surface area contributed by atoms with Crippen molar-refractivity contribution >= 4 is 29.3 Å². The number of anilines is 2. The molecule has 0 spiro atoms. The molecule has 1 aromatic heterocycles. The maximum atomic E-state index is 13.7. The van der Waals surface area contributed by atoms with E-state index in [-0.39, 0.29) is 11.8 Å². The van der Waals surface area contributed by atoms with Crippen LogP contribution in [0.15, 0.2) is 73.1 Å². The lowest BCUT2D eigenvalue weighted by molar-refractivity contribution is -0.131. The van der Waals surface area contributed by atoms with Crippen LogP contribution in [0.2, 0.25) is 0 Å². The number of pyridine rings is 1. The van der Waals surface area contributed by atoms with Gasteiger partial charge in [0, 0.05) is 38.0 Å². The van der Waals surface area contributed by atoms with Crippen LogP contribution in [0, 0.1) is 5.92 Å². The number of carboxylic acid groups (broad SMARTS) is 1. The fourth-order valence-corrected chi connectivity index (χ4v) is 4.51. The van der Waals surface area contributed by atoms with E-state index in [4.69, 9.17) is 6.48 Å². The molecule has 4 rings (SSSR count). The molecule has 0 saturated heterocycles. The normalized spacial score (nSPS) is 15.3. The zero-order valence-corrected chi connectivity index (χ0v) is 20.8. The summed E-state index contributed by atoms with van der Waals surface area (Å²) < 4.78 is 9.11. The van der Waals surface area contributed by atoms with E-state index in [2.05, 4.69) is 34.1 Å². The summed E-state index contributed by atoms with van der Waals surface area (Å²) in [6.07, 6.45) is 10.4. The number of rotatable bonds is 8. The van der Waals surface area contributed by atoms with Crippen LogP contribution in [-0.2, 0) is 16.1 Å². The summed E-state index contributed by atoms with van der Waals surface area (Å²) in [5.74, 6) is -1.27. The minimum absolute atomic E-state index is 0.0794. The monoisotopic (exact) mass is 484 g/mol. The third-order valence-corrected chi connectivity index (χ3v) is 6.54. The van der Waals surface area contributed by atoms with Gasteiger partial charge in [-0.25, -0.2) is 4.79 Å². The summed E-state index contributed by atoms with van der Waals surface area (Å²) in [7, 11) is 4.01. The lowest BCUT2D eigenvalue weighted by Gasteiger charge is -2.29. The quantitative estimate of drug-likeness (QED) is 0.396. The number of amides is 1. The van der Waals surface area contributed by atoms with Gasteiger partial charge in [0.1, 0.15) is 0 Å². The molecule has 1 atom stereocenters. The zero-order chi connectivity index (χ0) is 26.4. The second-order valence-corrected chi connectivity index (χ2v) is 9.38. The first-order valence-electron chi connectivity index (χ1n) is 12.9. The van der Waals surface area contributed by atoms with Crippen LogP contribution < -0.4 is 9.80 Å². The molecule has 0 aliphatic heterocycles. The number of hydrogen-bond donors (Lipinski definition) is 1. The molecule has 0 radical (unpaired) electrons. The van der Waals surface area contributed by atoms with Crippen molar-refractivity contribution < 1.29 is 16.1 Å². The second kappa shape index (κ2) is 11.7. The van der Waals surface area contributed by atoms with Crippen molar-refractivity contribution in [2.24, 2.45) is 5.92 Å². The van der Waals surface area contributed by atoms with Gasteiger partial charge in [-0.3, -0.25) is 9.78 Å². The lowest BCUT2D eigenvalue weighted by Crippen LogP contribution is -2.36. The Morgan fingerprint density at radius 3 is 2.22 bits per heavy atom. The van der Waals surface area contributed by atoms with Crippen molar-refractivity contribution in [1.82, 2.24) is 4.98 Å². The van der Waals surface area contributed by atoms with Crippen molar-refractivity contribution in [3.05, 3.63) is 84.2 Å². The molecule has 2 aromatic carbocycles. The summed E-state index contributed by atoms with van der Waals surface area (Å²) in [6.45, 7) is -0.958. The highest BCUT2D eigenvalue weighted by atomic mass is 16.4. The summed E-state index contributed by atoms with van der Waals surface area (Å²) in [5.41, 5.74) is 4.99. The van der Waals surface area contributed by atoms with Crippen LogP contribution in [0.1, 0.15) is 44.6 Å². The molecular formula is C30H33N3O3. The molecule has 1 unspecified atom stereocenters. The smallest absolute Gasteiger partial charge is 0.328 e. The van der Waals surface area contributed by atoms with Gasteiger partial charge in [0.15, 0.2) is 0 Å². The summed E-state index contributed by atoms with van der Waals surface area (Å²) >= 11 is 0. The van der Waals surface area contributed by atoms with Crippen molar-refractivity contribution in [1.29, 1.82) is 0 Å². The average molecular weight is 485 g/mol. The lowest BCUT2D eigenvalue weighted by atomic mass is 9.88. The Morgan fingerprint density at radius 1 is 0.972 bits per heavy atom. The fourth-order valence-electron chi connectivity index (χ4n) is 4.51. The van der Waals surface area contributed by atoms with E-state index in [0.717, 1.165) is 55.0 Å². The number of carbonyl (C=O) groups excluding carboxylic acids is 1. The first-order chi connectivity index (χ1) is 17.8. The van der Waals surface area contributed by atoms with Crippen molar-refractivity contribution in [2.75, 3.05) is 23.9 Å². The highest BCUT2D eigenvalue weighted by Gasteiger charge is 2.27. The summed E-state index contributed by atoms with van der Waals surface area (Å²) in [4.78, 5) is 32.5. The zero-order valence-electron chi connectivity index (χ0n) is 21.8.